The Balaban J connectivity index is 2.38. The van der Waals surface area contributed by atoms with Gasteiger partial charge in [-0.1, -0.05) is 41.0 Å². The number of hydrogen-bond donors (Lipinski definition) is 1. The van der Waals surface area contributed by atoms with Gasteiger partial charge in [0.05, 0.1) is 6.61 Å². The molecule has 114 valence electrons. The third kappa shape index (κ3) is 5.80. The topological polar surface area (TPSA) is 24.5 Å². The highest BCUT2D eigenvalue weighted by atomic mass is 16.5. The van der Waals surface area contributed by atoms with E-state index in [1.54, 1.807) is 0 Å². The number of nitrogens with zero attached hydrogens (tertiary/aromatic N) is 1. The van der Waals surface area contributed by atoms with Crippen molar-refractivity contribution in [2.45, 2.75) is 59.5 Å². The maximum atomic E-state index is 5.74. The summed E-state index contributed by atoms with van der Waals surface area (Å²) in [7, 11) is 0. The first kappa shape index (κ1) is 16.9. The van der Waals surface area contributed by atoms with Crippen LogP contribution in [-0.2, 0) is 4.74 Å². The number of piperazine rings is 1. The van der Waals surface area contributed by atoms with Crippen LogP contribution < -0.4 is 5.32 Å². The van der Waals surface area contributed by atoms with Gasteiger partial charge in [-0.2, -0.15) is 0 Å². The summed E-state index contributed by atoms with van der Waals surface area (Å²) in [6, 6.07) is 1.29. The Kier molecular flexibility index (Phi) is 7.96. The maximum Gasteiger partial charge on any atom is 0.0593 e. The zero-order valence-electron chi connectivity index (χ0n) is 13.6. The number of rotatable bonds is 8. The highest BCUT2D eigenvalue weighted by molar-refractivity contribution is 4.88. The molecule has 0 aliphatic carbocycles. The summed E-state index contributed by atoms with van der Waals surface area (Å²) in [6.45, 7) is 16.6. The minimum absolute atomic E-state index is 0.630. The van der Waals surface area contributed by atoms with Crippen molar-refractivity contribution in [2.24, 2.45) is 11.8 Å². The third-order valence-electron chi connectivity index (χ3n) is 4.23. The molecule has 1 aliphatic heterocycles. The summed E-state index contributed by atoms with van der Waals surface area (Å²) >= 11 is 0. The second-order valence-corrected chi connectivity index (χ2v) is 6.53. The van der Waals surface area contributed by atoms with Gasteiger partial charge in [0.25, 0.3) is 0 Å². The van der Waals surface area contributed by atoms with Crippen LogP contribution in [-0.4, -0.2) is 49.8 Å². The van der Waals surface area contributed by atoms with E-state index < -0.39 is 0 Å². The average Bonchev–Trinajstić information content (AvgIpc) is 2.38. The molecule has 1 fully saturated rings. The first-order valence-corrected chi connectivity index (χ1v) is 8.11. The summed E-state index contributed by atoms with van der Waals surface area (Å²) in [5, 5.41) is 3.71. The van der Waals surface area contributed by atoms with Crippen LogP contribution in [0.25, 0.3) is 0 Å². The summed E-state index contributed by atoms with van der Waals surface area (Å²) in [5.41, 5.74) is 0. The minimum Gasteiger partial charge on any atom is -0.380 e. The molecule has 0 bridgehead atoms. The number of hydrogen-bond acceptors (Lipinski definition) is 3. The lowest BCUT2D eigenvalue weighted by Gasteiger charge is -2.43. The van der Waals surface area contributed by atoms with Crippen LogP contribution in [0.2, 0.25) is 0 Å². The van der Waals surface area contributed by atoms with Gasteiger partial charge in [0.1, 0.15) is 0 Å². The molecule has 1 N–H and O–H groups in total. The molecular formula is C16H34N2O. The lowest BCUT2D eigenvalue weighted by atomic mass is 9.94. The maximum absolute atomic E-state index is 5.74. The largest absolute Gasteiger partial charge is 0.380 e. The smallest absolute Gasteiger partial charge is 0.0593 e. The van der Waals surface area contributed by atoms with Gasteiger partial charge in [-0.05, 0) is 18.3 Å². The molecule has 19 heavy (non-hydrogen) atoms. The van der Waals surface area contributed by atoms with E-state index in [9.17, 15) is 0 Å². The van der Waals surface area contributed by atoms with Crippen molar-refractivity contribution < 1.29 is 4.74 Å². The van der Waals surface area contributed by atoms with Crippen LogP contribution in [0.5, 0.6) is 0 Å². The van der Waals surface area contributed by atoms with Gasteiger partial charge in [0, 0.05) is 38.3 Å². The van der Waals surface area contributed by atoms with Gasteiger partial charge in [-0.15, -0.1) is 0 Å². The fourth-order valence-corrected chi connectivity index (χ4v) is 2.75. The molecule has 0 radical (unpaired) electrons. The second kappa shape index (κ2) is 8.93. The van der Waals surface area contributed by atoms with Crippen molar-refractivity contribution in [3.05, 3.63) is 0 Å². The highest BCUT2D eigenvalue weighted by Crippen LogP contribution is 2.18. The zero-order valence-corrected chi connectivity index (χ0v) is 13.6. The summed E-state index contributed by atoms with van der Waals surface area (Å²) < 4.78 is 5.74. The van der Waals surface area contributed by atoms with E-state index in [4.69, 9.17) is 4.74 Å². The molecule has 1 rings (SSSR count). The Morgan fingerprint density at radius 2 is 1.89 bits per heavy atom. The van der Waals surface area contributed by atoms with Crippen molar-refractivity contribution >= 4 is 0 Å². The molecule has 0 saturated carbocycles. The van der Waals surface area contributed by atoms with Crippen LogP contribution >= 0.6 is 0 Å². The standard InChI is InChI=1S/C16H34N2O/c1-6-7-9-19-10-8-18-12-15(13(2)3)17-11-16(18)14(4)5/h13-17H,6-12H2,1-5H3. The van der Waals surface area contributed by atoms with Crippen LogP contribution in [0.4, 0.5) is 0 Å². The van der Waals surface area contributed by atoms with Gasteiger partial charge in [0.2, 0.25) is 0 Å². The molecule has 0 spiro atoms. The fraction of sp³-hybridized carbons (Fsp3) is 1.00. The normalized spacial score (nSPS) is 25.4. The van der Waals surface area contributed by atoms with Crippen LogP contribution in [0, 0.1) is 11.8 Å². The van der Waals surface area contributed by atoms with E-state index in [-0.39, 0.29) is 0 Å². The Morgan fingerprint density at radius 3 is 2.47 bits per heavy atom. The molecule has 1 aliphatic rings. The van der Waals surface area contributed by atoms with Crippen molar-refractivity contribution in [3.8, 4) is 0 Å². The summed E-state index contributed by atoms with van der Waals surface area (Å²) in [5.74, 6) is 1.41. The number of nitrogens with one attached hydrogen (secondary N) is 1. The van der Waals surface area contributed by atoms with Gasteiger partial charge in [-0.3, -0.25) is 4.90 Å². The van der Waals surface area contributed by atoms with E-state index in [0.29, 0.717) is 23.9 Å². The van der Waals surface area contributed by atoms with Gasteiger partial charge in [0.15, 0.2) is 0 Å². The van der Waals surface area contributed by atoms with E-state index in [2.05, 4.69) is 44.8 Å². The van der Waals surface area contributed by atoms with E-state index >= 15 is 0 Å². The van der Waals surface area contributed by atoms with Gasteiger partial charge < -0.3 is 10.1 Å². The van der Waals surface area contributed by atoms with Crippen molar-refractivity contribution in [1.29, 1.82) is 0 Å². The molecule has 3 heteroatoms. The monoisotopic (exact) mass is 270 g/mol. The molecule has 0 amide bonds. The van der Waals surface area contributed by atoms with Crippen molar-refractivity contribution in [1.82, 2.24) is 10.2 Å². The predicted molar refractivity (Wildman–Crippen MR) is 82.6 cm³/mol. The molecule has 0 aromatic rings. The van der Waals surface area contributed by atoms with Crippen LogP contribution in [0.3, 0.4) is 0 Å². The average molecular weight is 270 g/mol. The molecule has 0 aromatic heterocycles. The Morgan fingerprint density at radius 1 is 1.16 bits per heavy atom. The second-order valence-electron chi connectivity index (χ2n) is 6.53. The van der Waals surface area contributed by atoms with Crippen molar-refractivity contribution in [3.63, 3.8) is 0 Å². The summed E-state index contributed by atoms with van der Waals surface area (Å²) in [6.07, 6.45) is 2.40. The summed E-state index contributed by atoms with van der Waals surface area (Å²) in [4.78, 5) is 2.64. The van der Waals surface area contributed by atoms with Gasteiger partial charge >= 0.3 is 0 Å². The van der Waals surface area contributed by atoms with E-state index in [1.807, 2.05) is 0 Å². The Labute approximate surface area is 120 Å². The molecule has 2 unspecified atom stereocenters. The quantitative estimate of drug-likeness (QED) is 0.686. The van der Waals surface area contributed by atoms with Gasteiger partial charge in [-0.25, -0.2) is 0 Å². The SMILES string of the molecule is CCCCOCCN1CC(C(C)C)NCC1C(C)C. The Bertz CT molecular complexity index is 231. The lowest BCUT2D eigenvalue weighted by Crippen LogP contribution is -2.60. The molecule has 0 aromatic carbocycles. The fourth-order valence-electron chi connectivity index (χ4n) is 2.75. The lowest BCUT2D eigenvalue weighted by molar-refractivity contribution is 0.0429. The zero-order chi connectivity index (χ0) is 14.3. The predicted octanol–water partition coefficient (Wildman–Crippen LogP) is 2.76. The number of ether oxygens (including phenoxy) is 1. The van der Waals surface area contributed by atoms with E-state index in [0.717, 1.165) is 32.8 Å². The first-order valence-electron chi connectivity index (χ1n) is 8.11. The minimum atomic E-state index is 0.630. The first-order chi connectivity index (χ1) is 9.06. The number of unbranched alkanes of at least 4 members (excludes halogenated alkanes) is 1. The molecule has 3 nitrogen and oxygen atoms in total. The molecule has 1 heterocycles. The Hall–Kier alpha value is -0.120. The third-order valence-corrected chi connectivity index (χ3v) is 4.23. The highest BCUT2D eigenvalue weighted by Gasteiger charge is 2.30. The molecule has 2 atom stereocenters. The van der Waals surface area contributed by atoms with E-state index in [1.165, 1.54) is 12.8 Å². The molecular weight excluding hydrogens is 236 g/mol. The van der Waals surface area contributed by atoms with Crippen LogP contribution in [0.1, 0.15) is 47.5 Å². The van der Waals surface area contributed by atoms with Crippen molar-refractivity contribution in [2.75, 3.05) is 32.8 Å². The van der Waals surface area contributed by atoms with Crippen LogP contribution in [0.15, 0.2) is 0 Å². The molecule has 1 saturated heterocycles.